The van der Waals surface area contributed by atoms with E-state index in [1.165, 1.54) is 18.3 Å². The number of allylic oxidation sites excluding steroid dienone is 1. The Bertz CT molecular complexity index is 1500. The average Bonchev–Trinajstić information content (AvgIpc) is 2.95. The molecule has 3 aromatic rings. The third-order valence-electron chi connectivity index (χ3n) is 6.19. The number of hydrogen-bond donors (Lipinski definition) is 3. The lowest BCUT2D eigenvalue weighted by molar-refractivity contribution is -0.137. The highest BCUT2D eigenvalue weighted by Crippen LogP contribution is 2.36. The molecule has 0 radical (unpaired) electrons. The Morgan fingerprint density at radius 3 is 2.59 bits per heavy atom. The number of nitrogens with zero attached hydrogens (tertiary/aromatic N) is 3. The topological polar surface area (TPSA) is 113 Å². The van der Waals surface area contributed by atoms with Crippen LogP contribution in [0.5, 0.6) is 0 Å². The van der Waals surface area contributed by atoms with Crippen LogP contribution >= 0.6 is 23.2 Å². The van der Waals surface area contributed by atoms with E-state index in [2.05, 4.69) is 25.5 Å². The number of anilines is 1. The molecule has 0 spiro atoms. The number of carbonyl (C=O) groups is 2. The minimum absolute atomic E-state index is 0.0736. The molecule has 0 aliphatic carbocycles. The zero-order chi connectivity index (χ0) is 29.6. The van der Waals surface area contributed by atoms with Gasteiger partial charge in [0, 0.05) is 56.9 Å². The minimum atomic E-state index is -4.69. The molecule has 0 atom stereocenters. The summed E-state index contributed by atoms with van der Waals surface area (Å²) in [5.74, 6) is -1.28. The molecule has 2 heterocycles. The first-order chi connectivity index (χ1) is 19.5. The Labute approximate surface area is 244 Å². The van der Waals surface area contributed by atoms with Gasteiger partial charge in [-0.25, -0.2) is 4.98 Å². The van der Waals surface area contributed by atoms with Crippen molar-refractivity contribution in [3.63, 3.8) is 0 Å². The molecule has 0 saturated carbocycles. The van der Waals surface area contributed by atoms with Crippen molar-refractivity contribution >= 4 is 52.6 Å². The van der Waals surface area contributed by atoms with Crippen LogP contribution in [0.15, 0.2) is 71.5 Å². The zero-order valence-corrected chi connectivity index (χ0v) is 23.0. The van der Waals surface area contributed by atoms with Crippen LogP contribution in [0.4, 0.5) is 24.7 Å². The first-order valence-electron chi connectivity index (χ1n) is 12.4. The Kier molecular flexibility index (Phi) is 9.77. The van der Waals surface area contributed by atoms with Crippen molar-refractivity contribution in [2.24, 2.45) is 10.7 Å². The van der Waals surface area contributed by atoms with Crippen LogP contribution in [-0.2, 0) is 12.7 Å². The third kappa shape index (κ3) is 7.92. The molecule has 1 saturated heterocycles. The van der Waals surface area contributed by atoms with Crippen LogP contribution in [0.25, 0.3) is 0 Å². The summed E-state index contributed by atoms with van der Waals surface area (Å²) in [6.07, 6.45) is -1.47. The van der Waals surface area contributed by atoms with Crippen LogP contribution in [0.1, 0.15) is 31.8 Å². The fraction of sp³-hybridized carbons (Fsp3) is 0.214. The van der Waals surface area contributed by atoms with Crippen LogP contribution in [0.3, 0.4) is 0 Å². The predicted molar refractivity (Wildman–Crippen MR) is 153 cm³/mol. The second kappa shape index (κ2) is 13.3. The molecule has 4 rings (SSSR count). The molecule has 1 aliphatic heterocycles. The number of nitrogens with one attached hydrogen (secondary N) is 2. The minimum Gasteiger partial charge on any atom is -0.404 e. The van der Waals surface area contributed by atoms with Crippen molar-refractivity contribution in [1.29, 1.82) is 0 Å². The number of hydrogen-bond acceptors (Lipinski definition) is 7. The highest BCUT2D eigenvalue weighted by Gasteiger charge is 2.33. The van der Waals surface area contributed by atoms with Crippen molar-refractivity contribution < 1.29 is 22.8 Å². The van der Waals surface area contributed by atoms with Crippen molar-refractivity contribution in [3.8, 4) is 0 Å². The smallest absolute Gasteiger partial charge is 0.404 e. The van der Waals surface area contributed by atoms with Gasteiger partial charge >= 0.3 is 6.18 Å². The van der Waals surface area contributed by atoms with Crippen LogP contribution < -0.4 is 16.4 Å². The molecule has 1 amide bonds. The van der Waals surface area contributed by atoms with Gasteiger partial charge in [-0.15, -0.1) is 0 Å². The third-order valence-corrected chi connectivity index (χ3v) is 6.72. The van der Waals surface area contributed by atoms with E-state index in [1.807, 2.05) is 6.07 Å². The van der Waals surface area contributed by atoms with E-state index >= 15 is 0 Å². The van der Waals surface area contributed by atoms with Crippen LogP contribution in [0, 0.1) is 0 Å². The number of pyridine rings is 1. The summed E-state index contributed by atoms with van der Waals surface area (Å²) in [5.41, 5.74) is 5.54. The maximum absolute atomic E-state index is 13.3. The van der Waals surface area contributed by atoms with Gasteiger partial charge in [0.1, 0.15) is 5.82 Å². The van der Waals surface area contributed by atoms with Gasteiger partial charge in [0.2, 0.25) is 0 Å². The summed E-state index contributed by atoms with van der Waals surface area (Å²) in [6.45, 7) is 4.29. The van der Waals surface area contributed by atoms with Crippen LogP contribution in [0.2, 0.25) is 10.0 Å². The summed E-state index contributed by atoms with van der Waals surface area (Å²) in [4.78, 5) is 36.8. The molecule has 1 fully saturated rings. The number of benzene rings is 2. The average molecular weight is 605 g/mol. The number of aliphatic imine (C=N–C) groups is 1. The van der Waals surface area contributed by atoms with E-state index in [0.29, 0.717) is 12.1 Å². The molecule has 4 N–H and O–H groups in total. The number of aromatic nitrogens is 1. The van der Waals surface area contributed by atoms with Gasteiger partial charge in [0.05, 0.1) is 32.4 Å². The van der Waals surface area contributed by atoms with Gasteiger partial charge in [0.15, 0.2) is 5.78 Å². The number of nitrogens with two attached hydrogens (primary N) is 1. The van der Waals surface area contributed by atoms with E-state index in [-0.39, 0.29) is 27.7 Å². The molecular formula is C28H25Cl2F3N6O2. The predicted octanol–water partition coefficient (Wildman–Crippen LogP) is 5.49. The van der Waals surface area contributed by atoms with Crippen molar-refractivity contribution in [2.75, 3.05) is 31.5 Å². The molecule has 1 aromatic heterocycles. The number of rotatable bonds is 8. The van der Waals surface area contributed by atoms with Crippen molar-refractivity contribution in [2.45, 2.75) is 12.7 Å². The fourth-order valence-electron chi connectivity index (χ4n) is 4.12. The molecule has 214 valence electrons. The summed E-state index contributed by atoms with van der Waals surface area (Å²) in [6, 6.07) is 11.5. The van der Waals surface area contributed by atoms with Gasteiger partial charge in [-0.05, 0) is 42.0 Å². The number of piperazine rings is 1. The van der Waals surface area contributed by atoms with Gasteiger partial charge in [-0.3, -0.25) is 19.5 Å². The summed E-state index contributed by atoms with van der Waals surface area (Å²) < 4.78 is 39.6. The molecule has 0 bridgehead atoms. The van der Waals surface area contributed by atoms with E-state index < -0.39 is 28.5 Å². The number of ketones is 1. The maximum Gasteiger partial charge on any atom is 0.417 e. The van der Waals surface area contributed by atoms with Crippen molar-refractivity contribution in [3.05, 3.63) is 98.8 Å². The highest BCUT2D eigenvalue weighted by molar-refractivity contribution is 6.32. The fourth-order valence-corrected chi connectivity index (χ4v) is 4.50. The van der Waals surface area contributed by atoms with E-state index in [9.17, 15) is 22.8 Å². The Balaban J connectivity index is 1.54. The lowest BCUT2D eigenvalue weighted by atomic mass is 10.0. The largest absolute Gasteiger partial charge is 0.417 e. The first-order valence-corrected chi connectivity index (χ1v) is 13.2. The van der Waals surface area contributed by atoms with Gasteiger partial charge in [-0.2, -0.15) is 13.2 Å². The van der Waals surface area contributed by atoms with Gasteiger partial charge < -0.3 is 16.4 Å². The Morgan fingerprint density at radius 2 is 1.88 bits per heavy atom. The molecule has 2 aromatic carbocycles. The molecule has 41 heavy (non-hydrogen) atoms. The second-order valence-corrected chi connectivity index (χ2v) is 9.95. The van der Waals surface area contributed by atoms with E-state index in [0.717, 1.165) is 56.3 Å². The molecule has 1 aliphatic rings. The van der Waals surface area contributed by atoms with Crippen molar-refractivity contribution in [1.82, 2.24) is 15.2 Å². The standard InChI is InChI=1S/C28H25Cl2F3N6O2/c29-20-11-22(25(40)19(13-34)14-36-21-4-5-24(30)23(12-21)28(31,32)33)26(37-15-20)38-27(41)18-3-1-2-17(10-18)16-39-8-6-35-7-9-39/h1-5,10-15,35H,6-9,16,34H2,(H,37,38,41). The molecule has 0 unspecified atom stereocenters. The quantitative estimate of drug-likeness (QED) is 0.178. The second-order valence-electron chi connectivity index (χ2n) is 9.10. The highest BCUT2D eigenvalue weighted by atomic mass is 35.5. The summed E-state index contributed by atoms with van der Waals surface area (Å²) in [5, 5.41) is 5.57. The normalized spacial score (nSPS) is 14.8. The Hall–Kier alpha value is -3.77. The lowest BCUT2D eigenvalue weighted by Crippen LogP contribution is -2.42. The Morgan fingerprint density at radius 1 is 1.12 bits per heavy atom. The maximum atomic E-state index is 13.3. The number of halogens is 5. The number of Topliss-reactive ketones (excluding diaryl/α,β-unsaturated/α-hetero) is 1. The zero-order valence-electron chi connectivity index (χ0n) is 21.5. The SMILES string of the molecule is NC=C(C=Nc1ccc(Cl)c(C(F)(F)F)c1)C(=O)c1cc(Cl)cnc1NC(=O)c1cccc(CN2CCNCC2)c1. The van der Waals surface area contributed by atoms with Crippen LogP contribution in [-0.4, -0.2) is 54.0 Å². The number of alkyl halides is 3. The number of amides is 1. The molecule has 13 heteroatoms. The monoisotopic (exact) mass is 604 g/mol. The van der Waals surface area contributed by atoms with E-state index in [1.54, 1.807) is 18.2 Å². The summed E-state index contributed by atoms with van der Waals surface area (Å²) >= 11 is 11.7. The van der Waals surface area contributed by atoms with Gasteiger partial charge in [0.25, 0.3) is 5.91 Å². The summed E-state index contributed by atoms with van der Waals surface area (Å²) in [7, 11) is 0. The number of carbonyl (C=O) groups excluding carboxylic acids is 2. The molecular weight excluding hydrogens is 580 g/mol. The first kappa shape index (κ1) is 30.2. The van der Waals surface area contributed by atoms with E-state index in [4.69, 9.17) is 28.9 Å². The lowest BCUT2D eigenvalue weighted by Gasteiger charge is -2.27. The van der Waals surface area contributed by atoms with Gasteiger partial charge in [-0.1, -0.05) is 35.3 Å². The molecule has 8 nitrogen and oxygen atoms in total.